The first-order chi connectivity index (χ1) is 11.7. The highest BCUT2D eigenvalue weighted by Crippen LogP contribution is 2.25. The van der Waals surface area contributed by atoms with Crippen LogP contribution in [0.15, 0.2) is 48.5 Å². The van der Waals surface area contributed by atoms with E-state index in [0.29, 0.717) is 11.4 Å². The zero-order chi connectivity index (χ0) is 18.6. The molecule has 0 aliphatic rings. The second-order valence-corrected chi connectivity index (χ2v) is 8.25. The summed E-state index contributed by atoms with van der Waals surface area (Å²) < 4.78 is 25.5. The van der Waals surface area contributed by atoms with Gasteiger partial charge in [0.2, 0.25) is 15.9 Å². The number of anilines is 2. The van der Waals surface area contributed by atoms with Crippen molar-refractivity contribution in [1.29, 1.82) is 0 Å². The number of carbonyl (C=O) groups excluding carboxylic acids is 1. The molecular weight excluding hydrogens is 336 g/mol. The largest absolute Gasteiger partial charge is 0.324 e. The van der Waals surface area contributed by atoms with Gasteiger partial charge in [-0.05, 0) is 36.1 Å². The van der Waals surface area contributed by atoms with Crippen molar-refractivity contribution in [1.82, 2.24) is 0 Å². The SMILES string of the molecule is Cc1ccccc1N(CC(=O)Nc1ccccc1C(C)C)S(C)(=O)=O. The quantitative estimate of drug-likeness (QED) is 0.857. The summed E-state index contributed by atoms with van der Waals surface area (Å²) in [5.74, 6) is -0.124. The van der Waals surface area contributed by atoms with Gasteiger partial charge in [-0.15, -0.1) is 0 Å². The van der Waals surface area contributed by atoms with Crippen LogP contribution in [0, 0.1) is 6.92 Å². The minimum Gasteiger partial charge on any atom is -0.324 e. The fraction of sp³-hybridized carbons (Fsp3) is 0.316. The number of nitrogens with zero attached hydrogens (tertiary/aromatic N) is 1. The van der Waals surface area contributed by atoms with E-state index in [1.54, 1.807) is 12.1 Å². The molecule has 0 heterocycles. The first-order valence-electron chi connectivity index (χ1n) is 8.12. The van der Waals surface area contributed by atoms with Crippen LogP contribution in [0.1, 0.15) is 30.9 Å². The molecule has 0 unspecified atom stereocenters. The predicted molar refractivity (Wildman–Crippen MR) is 103 cm³/mol. The first kappa shape index (κ1) is 19.0. The van der Waals surface area contributed by atoms with E-state index in [9.17, 15) is 13.2 Å². The third kappa shape index (κ3) is 4.82. The summed E-state index contributed by atoms with van der Waals surface area (Å²) in [5.41, 5.74) is 3.03. The fourth-order valence-electron chi connectivity index (χ4n) is 2.66. The predicted octanol–water partition coefficient (Wildman–Crippen LogP) is 3.52. The van der Waals surface area contributed by atoms with E-state index >= 15 is 0 Å². The van der Waals surface area contributed by atoms with Crippen molar-refractivity contribution >= 4 is 27.3 Å². The van der Waals surface area contributed by atoms with Crippen molar-refractivity contribution in [3.05, 3.63) is 59.7 Å². The minimum absolute atomic E-state index is 0.249. The fourth-order valence-corrected chi connectivity index (χ4v) is 3.57. The summed E-state index contributed by atoms with van der Waals surface area (Å²) in [4.78, 5) is 12.5. The smallest absolute Gasteiger partial charge is 0.245 e. The van der Waals surface area contributed by atoms with E-state index in [1.165, 1.54) is 0 Å². The third-order valence-electron chi connectivity index (χ3n) is 3.93. The maximum absolute atomic E-state index is 12.5. The van der Waals surface area contributed by atoms with Crippen LogP contribution in [-0.4, -0.2) is 27.1 Å². The lowest BCUT2D eigenvalue weighted by atomic mass is 10.0. The number of carbonyl (C=O) groups is 1. The molecule has 2 aromatic rings. The van der Waals surface area contributed by atoms with Crippen LogP contribution >= 0.6 is 0 Å². The second kappa shape index (κ2) is 7.70. The summed E-state index contributed by atoms with van der Waals surface area (Å²) in [6.45, 7) is 5.64. The Hall–Kier alpha value is -2.34. The molecule has 0 saturated carbocycles. The molecule has 134 valence electrons. The van der Waals surface area contributed by atoms with Crippen LogP contribution in [0.25, 0.3) is 0 Å². The minimum atomic E-state index is -3.58. The van der Waals surface area contributed by atoms with E-state index in [4.69, 9.17) is 0 Å². The van der Waals surface area contributed by atoms with Gasteiger partial charge in [0.25, 0.3) is 0 Å². The molecule has 6 heteroatoms. The first-order valence-corrected chi connectivity index (χ1v) is 9.97. The van der Waals surface area contributed by atoms with Crippen molar-refractivity contribution in [3.8, 4) is 0 Å². The molecule has 1 amide bonds. The molecule has 0 fully saturated rings. The van der Waals surface area contributed by atoms with Crippen LogP contribution in [0.4, 0.5) is 11.4 Å². The van der Waals surface area contributed by atoms with E-state index in [-0.39, 0.29) is 18.4 Å². The van der Waals surface area contributed by atoms with Gasteiger partial charge >= 0.3 is 0 Å². The summed E-state index contributed by atoms with van der Waals surface area (Å²) in [6.07, 6.45) is 1.11. The zero-order valence-corrected chi connectivity index (χ0v) is 15.8. The Morgan fingerprint density at radius 3 is 2.28 bits per heavy atom. The van der Waals surface area contributed by atoms with Crippen LogP contribution in [0.3, 0.4) is 0 Å². The van der Waals surface area contributed by atoms with Gasteiger partial charge in [-0.25, -0.2) is 8.42 Å². The normalized spacial score (nSPS) is 11.4. The van der Waals surface area contributed by atoms with Gasteiger partial charge in [0.05, 0.1) is 11.9 Å². The number of nitrogens with one attached hydrogen (secondary N) is 1. The van der Waals surface area contributed by atoms with Crippen molar-refractivity contribution in [2.24, 2.45) is 0 Å². The van der Waals surface area contributed by atoms with Gasteiger partial charge < -0.3 is 5.32 Å². The van der Waals surface area contributed by atoms with Gasteiger partial charge in [0, 0.05) is 5.69 Å². The Kier molecular flexibility index (Phi) is 5.85. The highest BCUT2D eigenvalue weighted by atomic mass is 32.2. The highest BCUT2D eigenvalue weighted by Gasteiger charge is 2.22. The van der Waals surface area contributed by atoms with Gasteiger partial charge in [-0.2, -0.15) is 0 Å². The standard InChI is InChI=1S/C19H24N2O3S/c1-14(2)16-10-6-7-11-17(16)20-19(22)13-21(25(4,23)24)18-12-8-5-9-15(18)3/h5-12,14H,13H2,1-4H3,(H,20,22). The van der Waals surface area contributed by atoms with Crippen LogP contribution in [0.2, 0.25) is 0 Å². The van der Waals surface area contributed by atoms with E-state index in [0.717, 1.165) is 21.7 Å². The number of aryl methyl sites for hydroxylation is 1. The zero-order valence-electron chi connectivity index (χ0n) is 15.0. The molecule has 2 aromatic carbocycles. The van der Waals surface area contributed by atoms with Crippen molar-refractivity contribution in [3.63, 3.8) is 0 Å². The number of hydrogen-bond donors (Lipinski definition) is 1. The molecule has 0 aliphatic carbocycles. The molecule has 0 bridgehead atoms. The Morgan fingerprint density at radius 1 is 1.08 bits per heavy atom. The Bertz CT molecular complexity index is 860. The number of amides is 1. The Morgan fingerprint density at radius 2 is 1.68 bits per heavy atom. The summed E-state index contributed by atoms with van der Waals surface area (Å²) >= 11 is 0. The average molecular weight is 360 g/mol. The average Bonchev–Trinajstić information content (AvgIpc) is 2.53. The monoisotopic (exact) mass is 360 g/mol. The second-order valence-electron chi connectivity index (χ2n) is 6.35. The van der Waals surface area contributed by atoms with Gasteiger partial charge in [0.15, 0.2) is 0 Å². The van der Waals surface area contributed by atoms with E-state index < -0.39 is 10.0 Å². The lowest BCUT2D eigenvalue weighted by Gasteiger charge is -2.24. The highest BCUT2D eigenvalue weighted by molar-refractivity contribution is 7.92. The van der Waals surface area contributed by atoms with Crippen LogP contribution < -0.4 is 9.62 Å². The molecule has 1 N–H and O–H groups in total. The number of hydrogen-bond acceptors (Lipinski definition) is 3. The molecule has 0 atom stereocenters. The van der Waals surface area contributed by atoms with Crippen molar-refractivity contribution in [2.75, 3.05) is 22.4 Å². The summed E-state index contributed by atoms with van der Waals surface area (Å²) in [7, 11) is -3.58. The number of benzene rings is 2. The molecule has 0 saturated heterocycles. The van der Waals surface area contributed by atoms with E-state index in [1.807, 2.05) is 57.2 Å². The maximum Gasteiger partial charge on any atom is 0.245 e. The van der Waals surface area contributed by atoms with Crippen molar-refractivity contribution in [2.45, 2.75) is 26.7 Å². The molecule has 2 rings (SSSR count). The molecular formula is C19H24N2O3S. The molecule has 0 radical (unpaired) electrons. The topological polar surface area (TPSA) is 66.5 Å². The van der Waals surface area contributed by atoms with E-state index in [2.05, 4.69) is 5.32 Å². The number of sulfonamides is 1. The molecule has 25 heavy (non-hydrogen) atoms. The lowest BCUT2D eigenvalue weighted by molar-refractivity contribution is -0.114. The van der Waals surface area contributed by atoms with Gasteiger partial charge in [-0.1, -0.05) is 50.2 Å². The third-order valence-corrected chi connectivity index (χ3v) is 5.06. The van der Waals surface area contributed by atoms with Gasteiger partial charge in [-0.3, -0.25) is 9.10 Å². The lowest BCUT2D eigenvalue weighted by Crippen LogP contribution is -2.38. The van der Waals surface area contributed by atoms with Crippen LogP contribution in [0.5, 0.6) is 0 Å². The summed E-state index contributed by atoms with van der Waals surface area (Å²) in [5, 5.41) is 2.84. The number of rotatable bonds is 6. The Labute approximate surface area is 149 Å². The molecule has 0 aliphatic heterocycles. The number of para-hydroxylation sites is 2. The van der Waals surface area contributed by atoms with Crippen molar-refractivity contribution < 1.29 is 13.2 Å². The Balaban J connectivity index is 2.26. The van der Waals surface area contributed by atoms with Crippen LogP contribution in [-0.2, 0) is 14.8 Å². The maximum atomic E-state index is 12.5. The molecule has 0 spiro atoms. The van der Waals surface area contributed by atoms with Gasteiger partial charge in [0.1, 0.15) is 6.54 Å². The molecule has 5 nitrogen and oxygen atoms in total. The summed E-state index contributed by atoms with van der Waals surface area (Å²) in [6, 6.07) is 14.6. The molecule has 0 aromatic heterocycles.